The van der Waals surface area contributed by atoms with Crippen molar-refractivity contribution in [1.82, 2.24) is 9.78 Å². The zero-order valence-electron chi connectivity index (χ0n) is 13.9. The van der Waals surface area contributed by atoms with Crippen LogP contribution in [0.5, 0.6) is 5.75 Å². The van der Waals surface area contributed by atoms with E-state index in [1.54, 1.807) is 17.1 Å². The lowest BCUT2D eigenvalue weighted by Crippen LogP contribution is -2.09. The number of nitrogens with zero attached hydrogens (tertiary/aromatic N) is 2. The number of amides is 1. The van der Waals surface area contributed by atoms with Gasteiger partial charge in [-0.15, -0.1) is 11.3 Å². The average molecular weight is 341 g/mol. The maximum absolute atomic E-state index is 12.2. The summed E-state index contributed by atoms with van der Waals surface area (Å²) in [7, 11) is 1.81. The molecule has 124 valence electrons. The van der Waals surface area contributed by atoms with Gasteiger partial charge in [-0.2, -0.15) is 5.10 Å². The number of hydrogen-bond acceptors (Lipinski definition) is 4. The molecule has 0 saturated heterocycles. The number of aromatic nitrogens is 2. The predicted molar refractivity (Wildman–Crippen MR) is 95.7 cm³/mol. The van der Waals surface area contributed by atoms with Crippen LogP contribution in [0.3, 0.4) is 0 Å². The van der Waals surface area contributed by atoms with Crippen molar-refractivity contribution in [2.24, 2.45) is 7.05 Å². The Morgan fingerprint density at radius 1 is 1.33 bits per heavy atom. The van der Waals surface area contributed by atoms with Crippen LogP contribution in [-0.2, 0) is 13.7 Å². The summed E-state index contributed by atoms with van der Waals surface area (Å²) >= 11 is 1.41. The SMILES string of the molecule is Cc1ccc(OCc2csc(C(=O)Nc3cnn(C)c3)c2)c(C)c1. The van der Waals surface area contributed by atoms with Gasteiger partial charge in [-0.3, -0.25) is 9.48 Å². The van der Waals surface area contributed by atoms with E-state index in [1.165, 1.54) is 16.9 Å². The van der Waals surface area contributed by atoms with E-state index < -0.39 is 0 Å². The van der Waals surface area contributed by atoms with Gasteiger partial charge in [0, 0.05) is 18.8 Å². The number of carbonyl (C=O) groups is 1. The third-order valence-electron chi connectivity index (χ3n) is 3.57. The van der Waals surface area contributed by atoms with Gasteiger partial charge in [0.05, 0.1) is 16.8 Å². The fourth-order valence-corrected chi connectivity index (χ4v) is 3.16. The lowest BCUT2D eigenvalue weighted by Gasteiger charge is -2.08. The van der Waals surface area contributed by atoms with Crippen LogP contribution in [0.1, 0.15) is 26.4 Å². The van der Waals surface area contributed by atoms with Crippen LogP contribution in [-0.4, -0.2) is 15.7 Å². The first kappa shape index (κ1) is 16.3. The van der Waals surface area contributed by atoms with Crippen molar-refractivity contribution in [3.63, 3.8) is 0 Å². The molecule has 6 heteroatoms. The molecule has 2 heterocycles. The van der Waals surface area contributed by atoms with Gasteiger partial charge in [0.15, 0.2) is 0 Å². The van der Waals surface area contributed by atoms with Crippen LogP contribution in [0.15, 0.2) is 42.0 Å². The summed E-state index contributed by atoms with van der Waals surface area (Å²) in [5.74, 6) is 0.735. The van der Waals surface area contributed by atoms with Crippen molar-refractivity contribution in [2.45, 2.75) is 20.5 Å². The summed E-state index contributed by atoms with van der Waals surface area (Å²) in [6.45, 7) is 4.53. The van der Waals surface area contributed by atoms with E-state index in [0.29, 0.717) is 17.2 Å². The van der Waals surface area contributed by atoms with Crippen molar-refractivity contribution < 1.29 is 9.53 Å². The minimum Gasteiger partial charge on any atom is -0.489 e. The highest BCUT2D eigenvalue weighted by molar-refractivity contribution is 7.12. The maximum Gasteiger partial charge on any atom is 0.265 e. The highest BCUT2D eigenvalue weighted by Crippen LogP contribution is 2.22. The zero-order valence-corrected chi connectivity index (χ0v) is 14.7. The van der Waals surface area contributed by atoms with Gasteiger partial charge in [-0.1, -0.05) is 17.7 Å². The van der Waals surface area contributed by atoms with Gasteiger partial charge in [-0.25, -0.2) is 0 Å². The first-order valence-corrected chi connectivity index (χ1v) is 8.46. The monoisotopic (exact) mass is 341 g/mol. The lowest BCUT2D eigenvalue weighted by atomic mass is 10.1. The molecule has 0 atom stereocenters. The lowest BCUT2D eigenvalue weighted by molar-refractivity contribution is 0.103. The second kappa shape index (κ2) is 6.88. The minimum absolute atomic E-state index is 0.134. The molecule has 0 unspecified atom stereocenters. The van der Waals surface area contributed by atoms with E-state index in [0.717, 1.165) is 16.9 Å². The van der Waals surface area contributed by atoms with E-state index in [4.69, 9.17) is 4.74 Å². The van der Waals surface area contributed by atoms with Crippen LogP contribution < -0.4 is 10.1 Å². The molecule has 0 aliphatic rings. The molecule has 3 rings (SSSR count). The summed E-state index contributed by atoms with van der Waals surface area (Å²) in [5.41, 5.74) is 3.99. The number of aryl methyl sites for hydroxylation is 3. The van der Waals surface area contributed by atoms with E-state index >= 15 is 0 Å². The van der Waals surface area contributed by atoms with Crippen LogP contribution in [0.2, 0.25) is 0 Å². The molecule has 0 saturated carbocycles. The Kier molecular flexibility index (Phi) is 4.66. The number of carbonyl (C=O) groups excluding carboxylic acids is 1. The van der Waals surface area contributed by atoms with Gasteiger partial charge < -0.3 is 10.1 Å². The van der Waals surface area contributed by atoms with Crippen molar-refractivity contribution in [3.8, 4) is 5.75 Å². The molecular weight excluding hydrogens is 322 g/mol. The third-order valence-corrected chi connectivity index (χ3v) is 4.54. The average Bonchev–Trinajstić information content (AvgIpc) is 3.15. The van der Waals surface area contributed by atoms with Gasteiger partial charge in [-0.05, 0) is 36.9 Å². The Balaban J connectivity index is 1.61. The van der Waals surface area contributed by atoms with E-state index in [1.807, 2.05) is 37.6 Å². The summed E-state index contributed by atoms with van der Waals surface area (Å²) in [6, 6.07) is 7.96. The molecule has 2 aromatic heterocycles. The Morgan fingerprint density at radius 2 is 2.17 bits per heavy atom. The Hall–Kier alpha value is -2.60. The summed E-state index contributed by atoms with van der Waals surface area (Å²) in [4.78, 5) is 12.9. The summed E-state index contributed by atoms with van der Waals surface area (Å²) in [6.07, 6.45) is 3.38. The molecule has 1 N–H and O–H groups in total. The van der Waals surface area contributed by atoms with Crippen LogP contribution in [0, 0.1) is 13.8 Å². The molecule has 0 bridgehead atoms. The fourth-order valence-electron chi connectivity index (χ4n) is 2.37. The van der Waals surface area contributed by atoms with Gasteiger partial charge >= 0.3 is 0 Å². The first-order chi connectivity index (χ1) is 11.5. The fraction of sp³-hybridized carbons (Fsp3) is 0.222. The quantitative estimate of drug-likeness (QED) is 0.765. The van der Waals surface area contributed by atoms with Crippen molar-refractivity contribution >= 4 is 22.9 Å². The third kappa shape index (κ3) is 3.83. The largest absolute Gasteiger partial charge is 0.489 e. The number of anilines is 1. The number of thiophene rings is 1. The summed E-state index contributed by atoms with van der Waals surface area (Å²) in [5, 5.41) is 8.81. The van der Waals surface area contributed by atoms with Gasteiger partial charge in [0.25, 0.3) is 5.91 Å². The topological polar surface area (TPSA) is 56.1 Å². The number of hydrogen-bond donors (Lipinski definition) is 1. The highest BCUT2D eigenvalue weighted by atomic mass is 32.1. The highest BCUT2D eigenvalue weighted by Gasteiger charge is 2.11. The predicted octanol–water partition coefficient (Wildman–Crippen LogP) is 3.93. The second-order valence-corrected chi connectivity index (χ2v) is 6.64. The smallest absolute Gasteiger partial charge is 0.265 e. The van der Waals surface area contributed by atoms with Crippen LogP contribution >= 0.6 is 11.3 Å². The molecule has 1 aromatic carbocycles. The number of ether oxygens (including phenoxy) is 1. The number of nitrogens with one attached hydrogen (secondary N) is 1. The van der Waals surface area contributed by atoms with Gasteiger partial charge in [0.1, 0.15) is 12.4 Å². The van der Waals surface area contributed by atoms with E-state index in [9.17, 15) is 4.79 Å². The van der Waals surface area contributed by atoms with Gasteiger partial charge in [0.2, 0.25) is 0 Å². The number of rotatable bonds is 5. The molecule has 0 spiro atoms. The first-order valence-electron chi connectivity index (χ1n) is 7.59. The van der Waals surface area contributed by atoms with E-state index in [-0.39, 0.29) is 5.91 Å². The molecule has 1 amide bonds. The van der Waals surface area contributed by atoms with Crippen molar-refractivity contribution in [2.75, 3.05) is 5.32 Å². The van der Waals surface area contributed by atoms with E-state index in [2.05, 4.69) is 23.4 Å². The molecular formula is C18H19N3O2S. The molecule has 3 aromatic rings. The standard InChI is InChI=1S/C18H19N3O2S/c1-12-4-5-16(13(2)6-12)23-10-14-7-17(24-11-14)18(22)20-15-8-19-21(3)9-15/h4-9,11H,10H2,1-3H3,(H,20,22). The molecule has 0 aliphatic carbocycles. The van der Waals surface area contributed by atoms with Crippen molar-refractivity contribution in [3.05, 3.63) is 63.6 Å². The van der Waals surface area contributed by atoms with Crippen molar-refractivity contribution in [1.29, 1.82) is 0 Å². The molecule has 0 radical (unpaired) electrons. The molecule has 0 aliphatic heterocycles. The zero-order chi connectivity index (χ0) is 17.1. The summed E-state index contributed by atoms with van der Waals surface area (Å²) < 4.78 is 7.50. The normalized spacial score (nSPS) is 10.6. The Labute approximate surface area is 144 Å². The minimum atomic E-state index is -0.134. The van der Waals surface area contributed by atoms with Crippen LogP contribution in [0.4, 0.5) is 5.69 Å². The molecule has 24 heavy (non-hydrogen) atoms. The second-order valence-electron chi connectivity index (χ2n) is 5.73. The molecule has 5 nitrogen and oxygen atoms in total. The Bertz CT molecular complexity index is 867. The molecule has 0 fully saturated rings. The van der Waals surface area contributed by atoms with Crippen LogP contribution in [0.25, 0.3) is 0 Å². The Morgan fingerprint density at radius 3 is 2.88 bits per heavy atom. The number of benzene rings is 1. The maximum atomic E-state index is 12.2.